The summed E-state index contributed by atoms with van der Waals surface area (Å²) in [5.41, 5.74) is 7.16. The number of hydrogen-bond acceptors (Lipinski definition) is 5. The minimum atomic E-state index is 0.662. The molecule has 1 aliphatic rings. The summed E-state index contributed by atoms with van der Waals surface area (Å²) in [5, 5.41) is 7.00. The smallest absolute Gasteiger partial charge is 0.164 e. The second-order valence-electron chi connectivity index (χ2n) is 12.3. The van der Waals surface area contributed by atoms with Gasteiger partial charge in [0.15, 0.2) is 17.5 Å². The van der Waals surface area contributed by atoms with E-state index in [9.17, 15) is 0 Å². The van der Waals surface area contributed by atoms with Crippen LogP contribution >= 0.6 is 11.3 Å². The van der Waals surface area contributed by atoms with Gasteiger partial charge in [0.05, 0.1) is 0 Å². The van der Waals surface area contributed by atoms with Crippen LogP contribution in [0.5, 0.6) is 0 Å². The number of para-hydroxylation sites is 1. The second-order valence-corrected chi connectivity index (χ2v) is 13.3. The predicted octanol–water partition coefficient (Wildman–Crippen LogP) is 11.9. The monoisotopic (exact) mass is 633 g/mol. The Morgan fingerprint density at radius 3 is 2.23 bits per heavy atom. The van der Waals surface area contributed by atoms with Crippen molar-refractivity contribution in [2.45, 2.75) is 12.8 Å². The van der Waals surface area contributed by atoms with Crippen molar-refractivity contribution in [3.05, 3.63) is 151 Å². The zero-order valence-electron chi connectivity index (χ0n) is 25.9. The standard InChI is InChI=1S/C43H27N3OS/c1-2-12-27-25-28(24-23-26(27)11-1)41-44-42(46-43(45-41)34-18-10-22-38-40(34)33-16-6-8-21-37(33)48-38)31-14-4-3-13-29(31)30-17-9-20-36-39(30)32-15-5-7-19-35(32)47-36/h1-2,4-12,14-25H,3,13H2. The van der Waals surface area contributed by atoms with E-state index in [2.05, 4.69) is 127 Å². The fourth-order valence-electron chi connectivity index (χ4n) is 7.21. The van der Waals surface area contributed by atoms with E-state index in [1.54, 1.807) is 11.3 Å². The van der Waals surface area contributed by atoms with E-state index in [0.29, 0.717) is 17.5 Å². The molecule has 4 nitrogen and oxygen atoms in total. The molecule has 6 aromatic carbocycles. The van der Waals surface area contributed by atoms with E-state index in [-0.39, 0.29) is 0 Å². The summed E-state index contributed by atoms with van der Waals surface area (Å²) in [6, 6.07) is 44.6. The van der Waals surface area contributed by atoms with Gasteiger partial charge in [0.25, 0.3) is 0 Å². The second kappa shape index (κ2) is 10.8. The highest BCUT2D eigenvalue weighted by Gasteiger charge is 2.22. The Balaban J connectivity index is 1.26. The molecule has 9 aromatic rings. The molecule has 0 atom stereocenters. The van der Waals surface area contributed by atoms with Crippen LogP contribution in [-0.2, 0) is 0 Å². The number of nitrogens with zero attached hydrogens (tertiary/aromatic N) is 3. The molecular weight excluding hydrogens is 607 g/mol. The Bertz CT molecular complexity index is 2800. The van der Waals surface area contributed by atoms with Crippen LogP contribution in [0.1, 0.15) is 24.2 Å². The molecule has 5 heteroatoms. The number of hydrogen-bond donors (Lipinski definition) is 0. The van der Waals surface area contributed by atoms with Crippen molar-refractivity contribution in [2.24, 2.45) is 0 Å². The first kappa shape index (κ1) is 27.2. The molecule has 3 aromatic heterocycles. The van der Waals surface area contributed by atoms with E-state index in [1.165, 1.54) is 31.1 Å². The van der Waals surface area contributed by atoms with Gasteiger partial charge in [-0.1, -0.05) is 109 Å². The zero-order valence-corrected chi connectivity index (χ0v) is 26.7. The van der Waals surface area contributed by atoms with Gasteiger partial charge in [-0.3, -0.25) is 0 Å². The first-order valence-electron chi connectivity index (χ1n) is 16.3. The average Bonchev–Trinajstić information content (AvgIpc) is 3.73. The van der Waals surface area contributed by atoms with Gasteiger partial charge in [-0.2, -0.15) is 0 Å². The minimum Gasteiger partial charge on any atom is -0.456 e. The number of furan rings is 1. The minimum absolute atomic E-state index is 0.662. The predicted molar refractivity (Wildman–Crippen MR) is 200 cm³/mol. The summed E-state index contributed by atoms with van der Waals surface area (Å²) in [7, 11) is 0. The molecule has 48 heavy (non-hydrogen) atoms. The third-order valence-electron chi connectivity index (χ3n) is 9.43. The van der Waals surface area contributed by atoms with Crippen LogP contribution < -0.4 is 0 Å². The Labute approximate surface area is 280 Å². The Kier molecular flexibility index (Phi) is 6.14. The molecule has 0 fully saturated rings. The van der Waals surface area contributed by atoms with E-state index >= 15 is 0 Å². The lowest BCUT2D eigenvalue weighted by atomic mass is 9.88. The van der Waals surface area contributed by atoms with Crippen molar-refractivity contribution in [1.82, 2.24) is 15.0 Å². The largest absolute Gasteiger partial charge is 0.456 e. The van der Waals surface area contributed by atoms with Gasteiger partial charge in [0, 0.05) is 47.6 Å². The van der Waals surface area contributed by atoms with Crippen LogP contribution in [0.4, 0.5) is 0 Å². The van der Waals surface area contributed by atoms with E-state index in [4.69, 9.17) is 19.4 Å². The maximum absolute atomic E-state index is 6.30. The maximum atomic E-state index is 6.30. The number of allylic oxidation sites excluding steroid dienone is 4. The summed E-state index contributed by atoms with van der Waals surface area (Å²) in [5.74, 6) is 2.01. The molecule has 0 saturated heterocycles. The summed E-state index contributed by atoms with van der Waals surface area (Å²) < 4.78 is 8.78. The maximum Gasteiger partial charge on any atom is 0.164 e. The van der Waals surface area contributed by atoms with Gasteiger partial charge in [-0.05, 0) is 65.1 Å². The molecule has 0 saturated carbocycles. The lowest BCUT2D eigenvalue weighted by Crippen LogP contribution is -2.05. The number of thiophene rings is 1. The molecule has 226 valence electrons. The third kappa shape index (κ3) is 4.32. The number of benzene rings is 6. The molecule has 10 rings (SSSR count). The highest BCUT2D eigenvalue weighted by molar-refractivity contribution is 7.25. The topological polar surface area (TPSA) is 51.8 Å². The van der Waals surface area contributed by atoms with Crippen LogP contribution in [0.15, 0.2) is 144 Å². The number of aromatic nitrogens is 3. The molecule has 0 N–H and O–H groups in total. The van der Waals surface area contributed by atoms with Crippen molar-refractivity contribution < 1.29 is 4.42 Å². The molecular formula is C43H27N3OS. The van der Waals surface area contributed by atoms with Crippen molar-refractivity contribution in [1.29, 1.82) is 0 Å². The normalized spacial score (nSPS) is 13.5. The first-order chi connectivity index (χ1) is 23.8. The molecule has 0 spiro atoms. The molecule has 0 unspecified atom stereocenters. The Hall–Kier alpha value is -5.91. The van der Waals surface area contributed by atoms with Crippen molar-refractivity contribution in [3.63, 3.8) is 0 Å². The number of fused-ring (bicyclic) bond motifs is 7. The van der Waals surface area contributed by atoms with Crippen LogP contribution in [0.25, 0.3) is 86.8 Å². The van der Waals surface area contributed by atoms with Gasteiger partial charge in [0.2, 0.25) is 0 Å². The van der Waals surface area contributed by atoms with Crippen molar-refractivity contribution >= 4 is 75.4 Å². The summed E-state index contributed by atoms with van der Waals surface area (Å²) >= 11 is 1.80. The highest BCUT2D eigenvalue weighted by atomic mass is 32.1. The average molecular weight is 634 g/mol. The number of rotatable bonds is 4. The Morgan fingerprint density at radius 2 is 1.27 bits per heavy atom. The summed E-state index contributed by atoms with van der Waals surface area (Å²) in [6.07, 6.45) is 6.25. The molecule has 0 bridgehead atoms. The van der Waals surface area contributed by atoms with E-state index in [1.807, 2.05) is 12.1 Å². The molecule has 0 aliphatic heterocycles. The SMILES string of the molecule is C1=CC(c2nc(-c3ccc4ccccc4c3)nc(-c3cccc4sc5ccccc5c34)n2)=C(c2cccc3oc4ccccc4c23)CC1. The molecule has 3 heterocycles. The van der Waals surface area contributed by atoms with Crippen LogP contribution in [0.2, 0.25) is 0 Å². The fourth-order valence-corrected chi connectivity index (χ4v) is 8.35. The Morgan fingerprint density at radius 1 is 0.542 bits per heavy atom. The van der Waals surface area contributed by atoms with Crippen molar-refractivity contribution in [2.75, 3.05) is 0 Å². The van der Waals surface area contributed by atoms with Gasteiger partial charge in [-0.25, -0.2) is 15.0 Å². The van der Waals surface area contributed by atoms with Gasteiger partial charge in [0.1, 0.15) is 11.2 Å². The summed E-state index contributed by atoms with van der Waals surface area (Å²) in [6.45, 7) is 0. The summed E-state index contributed by atoms with van der Waals surface area (Å²) in [4.78, 5) is 15.8. The van der Waals surface area contributed by atoms with E-state index < -0.39 is 0 Å². The van der Waals surface area contributed by atoms with Crippen molar-refractivity contribution in [3.8, 4) is 22.8 Å². The van der Waals surface area contributed by atoms with Crippen LogP contribution in [0.3, 0.4) is 0 Å². The molecule has 0 amide bonds. The third-order valence-corrected chi connectivity index (χ3v) is 10.6. The van der Waals surface area contributed by atoms with Gasteiger partial charge in [-0.15, -0.1) is 11.3 Å². The quantitative estimate of drug-likeness (QED) is 0.193. The van der Waals surface area contributed by atoms with E-state index in [0.717, 1.165) is 62.4 Å². The first-order valence-corrected chi connectivity index (χ1v) is 17.1. The lowest BCUT2D eigenvalue weighted by molar-refractivity contribution is 0.669. The van der Waals surface area contributed by atoms with Gasteiger partial charge < -0.3 is 4.42 Å². The fraction of sp³-hybridized carbons (Fsp3) is 0.0465. The van der Waals surface area contributed by atoms with Crippen LogP contribution in [-0.4, -0.2) is 15.0 Å². The van der Waals surface area contributed by atoms with Gasteiger partial charge >= 0.3 is 0 Å². The lowest BCUT2D eigenvalue weighted by Gasteiger charge is -2.18. The highest BCUT2D eigenvalue weighted by Crippen LogP contribution is 2.42. The molecule has 0 radical (unpaired) electrons. The zero-order chi connectivity index (χ0) is 31.6. The van der Waals surface area contributed by atoms with Crippen LogP contribution in [0, 0.1) is 0 Å². The molecule has 1 aliphatic carbocycles.